The molecule has 69 heavy (non-hydrogen) atoms. The highest BCUT2D eigenvalue weighted by molar-refractivity contribution is 6.40. The molecule has 396 valence electrons. The first-order chi connectivity index (χ1) is 32.3. The summed E-state index contributed by atoms with van der Waals surface area (Å²) in [6.45, 7) is 27.8. The highest BCUT2D eigenvalue weighted by Gasteiger charge is 2.54. The minimum absolute atomic E-state index is 0.00393. The first-order valence-electron chi connectivity index (χ1n) is 25.3. The number of unbranched alkanes of at least 4 members (excludes halogenated alkanes) is 6. The zero-order chi connectivity index (χ0) is 52.8. The number of hydrogen-bond acceptors (Lipinski definition) is 8. The third-order valence-corrected chi connectivity index (χ3v) is 14.5. The quantitative estimate of drug-likeness (QED) is 0.0423. The van der Waals surface area contributed by atoms with E-state index >= 15 is 0 Å². The Kier molecular flexibility index (Phi) is 29.0. The Morgan fingerprint density at radius 2 is 1.23 bits per heavy atom. The molecule has 6 N–H and O–H groups in total. The summed E-state index contributed by atoms with van der Waals surface area (Å²) in [6, 6.07) is 9.01. The van der Waals surface area contributed by atoms with E-state index in [0.29, 0.717) is 23.5 Å². The molecule has 1 saturated carbocycles. The highest BCUT2D eigenvalue weighted by Crippen LogP contribution is 2.59. The van der Waals surface area contributed by atoms with E-state index in [9.17, 15) is 38.5 Å². The Bertz CT molecular complexity index is 1810. The predicted octanol–water partition coefficient (Wildman–Crippen LogP) is 14.9. The Hall–Kier alpha value is -2.61. The van der Waals surface area contributed by atoms with E-state index in [0.717, 1.165) is 78.9 Å². The summed E-state index contributed by atoms with van der Waals surface area (Å²) in [5.41, 5.74) is 5.14. The van der Waals surface area contributed by atoms with Gasteiger partial charge in [0, 0.05) is 36.7 Å². The Morgan fingerprint density at radius 3 is 1.64 bits per heavy atom. The molecule has 1 unspecified atom stereocenters. The van der Waals surface area contributed by atoms with Crippen LogP contribution in [0.3, 0.4) is 0 Å². The average Bonchev–Trinajstić information content (AvgIpc) is 3.26. The van der Waals surface area contributed by atoms with E-state index in [-0.39, 0.29) is 63.9 Å². The number of phenols is 3. The van der Waals surface area contributed by atoms with Crippen LogP contribution in [0.5, 0.6) is 23.0 Å². The molecule has 14 heteroatoms. The van der Waals surface area contributed by atoms with Crippen molar-refractivity contribution >= 4 is 30.7 Å². The number of allylic oxidation sites excluding steroid dienone is 1. The molecule has 2 aromatic rings. The molecule has 1 aliphatic heterocycles. The van der Waals surface area contributed by atoms with Crippen molar-refractivity contribution in [3.8, 4) is 23.0 Å². The van der Waals surface area contributed by atoms with E-state index < -0.39 is 7.54 Å². The number of benzene rings is 2. The summed E-state index contributed by atoms with van der Waals surface area (Å²) in [7, 11) is -3.67. The first kappa shape index (κ1) is 64.4. The highest BCUT2D eigenvalue weighted by atomic mass is 35.5. The molecule has 5 aliphatic rings. The van der Waals surface area contributed by atoms with Crippen LogP contribution in [0, 0.1) is 23.2 Å². The van der Waals surface area contributed by atoms with Gasteiger partial charge >= 0.3 is 7.54 Å². The minimum atomic E-state index is -3.67. The van der Waals surface area contributed by atoms with Crippen molar-refractivity contribution in [1.82, 2.24) is 0 Å². The van der Waals surface area contributed by atoms with Gasteiger partial charge in [0.1, 0.15) is 28.6 Å². The number of ether oxygens (including phenoxy) is 2. The second-order valence-electron chi connectivity index (χ2n) is 21.1. The van der Waals surface area contributed by atoms with E-state index in [1.807, 2.05) is 26.0 Å². The third-order valence-electron chi connectivity index (χ3n) is 14.5. The molecule has 0 saturated heterocycles. The van der Waals surface area contributed by atoms with Gasteiger partial charge in [-0.1, -0.05) is 119 Å². The zero-order valence-electron chi connectivity index (χ0n) is 44.1. The van der Waals surface area contributed by atoms with E-state index in [1.165, 1.54) is 57.4 Å². The molecule has 8 nitrogen and oxygen atoms in total. The van der Waals surface area contributed by atoms with Crippen LogP contribution >= 0.6 is 23.2 Å². The second kappa shape index (κ2) is 31.1. The Balaban J connectivity index is 0.000000492. The molecule has 1 fully saturated rings. The van der Waals surface area contributed by atoms with Gasteiger partial charge in [-0.05, 0) is 134 Å². The van der Waals surface area contributed by atoms with Gasteiger partial charge in [0.15, 0.2) is 0 Å². The lowest BCUT2D eigenvalue weighted by Crippen LogP contribution is -2.54. The van der Waals surface area contributed by atoms with Gasteiger partial charge in [0.05, 0.1) is 24.7 Å². The fraction of sp³-hybridized carbons (Fsp3) is 0.709. The number of aliphatic hydroxyl groups excluding tert-OH is 3. The maximum atomic E-state index is 11.0. The van der Waals surface area contributed by atoms with E-state index in [1.54, 1.807) is 12.1 Å². The monoisotopic (exact) mass is 1020 g/mol. The number of aromatic hydroxyl groups is 3. The number of alkyl halides is 2. The number of rotatable bonds is 16. The lowest BCUT2D eigenvalue weighted by Gasteiger charge is -2.57. The van der Waals surface area contributed by atoms with Gasteiger partial charge in [-0.15, -0.1) is 23.2 Å². The number of halogens is 5. The summed E-state index contributed by atoms with van der Waals surface area (Å²) >= 11 is 9.53. The number of phenolic OH excluding ortho intramolecular Hbond substituents is 3. The van der Waals surface area contributed by atoms with Crippen molar-refractivity contribution in [3.05, 3.63) is 70.3 Å². The van der Waals surface area contributed by atoms with Crippen molar-refractivity contribution in [2.75, 3.05) is 31.8 Å². The van der Waals surface area contributed by atoms with Gasteiger partial charge in [-0.25, -0.2) is 0 Å². The Labute approximate surface area is 425 Å². The van der Waals surface area contributed by atoms with E-state index in [2.05, 4.69) is 81.4 Å². The molecule has 0 radical (unpaired) electrons. The zero-order valence-corrected chi connectivity index (χ0v) is 45.6. The molecule has 0 spiro atoms. The summed E-state index contributed by atoms with van der Waals surface area (Å²) in [6.07, 6.45) is 18.6. The van der Waals surface area contributed by atoms with Crippen molar-refractivity contribution in [1.29, 1.82) is 0 Å². The van der Waals surface area contributed by atoms with Crippen molar-refractivity contribution in [3.63, 3.8) is 0 Å². The molecular formula is C55H90BCl2F3O8. The molecule has 5 atom stereocenters. The van der Waals surface area contributed by atoms with Crippen molar-refractivity contribution < 1.29 is 53.1 Å². The molecule has 2 aromatic carbocycles. The van der Waals surface area contributed by atoms with Gasteiger partial charge in [0.25, 0.3) is 0 Å². The minimum Gasteiger partial charge on any atom is -0.508 e. The van der Waals surface area contributed by atoms with Gasteiger partial charge < -0.3 is 40.1 Å². The maximum absolute atomic E-state index is 11.0. The smallest absolute Gasteiger partial charge is 0.508 e. The molecule has 7 rings (SSSR count). The number of hydrogen-bond donors (Lipinski definition) is 6. The summed E-state index contributed by atoms with van der Waals surface area (Å²) < 4.78 is 40.3. The van der Waals surface area contributed by atoms with Crippen LogP contribution < -0.4 is 4.74 Å². The maximum Gasteiger partial charge on any atom is 0.762 e. The van der Waals surface area contributed by atoms with Crippen LogP contribution in [-0.2, 0) is 15.6 Å². The number of aliphatic hydroxyl groups is 3. The summed E-state index contributed by atoms with van der Waals surface area (Å²) in [4.78, 5) is 0. The fourth-order valence-corrected chi connectivity index (χ4v) is 10.2. The standard InChI is InChI=1S/C25H38O3.C15H24O2.C10H16O2.C4H10O.CH2Cl2.BF3/c1-6-7-8-9-12-24(2,3)18-14-21(27)23-19-13-17(16-26)10-11-20(19)25(4,5)28-22(23)15-18;1-4-5-6-7-8-15(2,3)12-9-13(16)11-14(17)10-12;1-10(2)7-4-8(10)9(12)3-6(7)5-11;1-3-5-4-2;2-1-3;2-1(3)4/h10,14-15,19-20,26-27H,6-9,11-13,16H2,1-5H3;9-11,16-17H,4-8H2,1-3H3;3,7-9,11-12H,4-5H2,1-2H3;3-4H2,1-2H3;1H2;/t19-,20-;;7-,8+,9?;;;/m0.1.../s1. The van der Waals surface area contributed by atoms with Crippen LogP contribution in [0.4, 0.5) is 12.9 Å². The topological polar surface area (TPSA) is 140 Å². The van der Waals surface area contributed by atoms with Crippen molar-refractivity contribution in [2.45, 2.75) is 195 Å². The van der Waals surface area contributed by atoms with Crippen LogP contribution in [0.2, 0.25) is 0 Å². The normalized spacial score (nSPS) is 21.2. The first-order valence-corrected chi connectivity index (χ1v) is 26.4. The van der Waals surface area contributed by atoms with Crippen LogP contribution in [0.15, 0.2) is 53.6 Å². The summed E-state index contributed by atoms with van der Waals surface area (Å²) in [5.74, 6) is 2.92. The van der Waals surface area contributed by atoms with Gasteiger partial charge in [-0.2, -0.15) is 0 Å². The van der Waals surface area contributed by atoms with Crippen LogP contribution in [-0.4, -0.2) is 81.7 Å². The van der Waals surface area contributed by atoms with Crippen molar-refractivity contribution in [2.24, 2.45) is 23.2 Å². The average molecular weight is 1020 g/mol. The van der Waals surface area contributed by atoms with E-state index in [4.69, 9.17) is 37.8 Å². The molecule has 1 heterocycles. The molecule has 2 bridgehead atoms. The molecule has 0 amide bonds. The van der Waals surface area contributed by atoms with Gasteiger partial charge in [0.2, 0.25) is 0 Å². The SMILES string of the molecule is CC1(C)[C@@H]2C[C@H]1C(O)C=C2CO.CCCCCCC(C)(C)c1cc(O)c2c(c1)OC(C)(C)[C@H]1CC=C(CO)C[C@H]21.CCCCCCC(C)(C)c1cc(O)cc(O)c1.CCOCC.ClCCl.FB(F)F. The third kappa shape index (κ3) is 20.4. The van der Waals surface area contributed by atoms with Crippen LogP contribution in [0.1, 0.15) is 189 Å². The van der Waals surface area contributed by atoms with Gasteiger partial charge in [-0.3, -0.25) is 12.9 Å². The number of fused-ring (bicyclic) bond motifs is 4. The molecule has 4 aliphatic carbocycles. The lowest BCUT2D eigenvalue weighted by atomic mass is 9.48. The second-order valence-corrected chi connectivity index (χ2v) is 22.0. The molecular weight excluding hydrogens is 927 g/mol. The largest absolute Gasteiger partial charge is 0.762 e. The molecule has 0 aromatic heterocycles. The lowest BCUT2D eigenvalue weighted by molar-refractivity contribution is -0.0802. The summed E-state index contributed by atoms with van der Waals surface area (Å²) in [5, 5.41) is 58.6. The predicted molar refractivity (Wildman–Crippen MR) is 281 cm³/mol. The Morgan fingerprint density at radius 1 is 0.739 bits per heavy atom. The van der Waals surface area contributed by atoms with Crippen LogP contribution in [0.25, 0.3) is 0 Å². The fourth-order valence-electron chi connectivity index (χ4n) is 10.2.